The molecule has 0 radical (unpaired) electrons. The third-order valence-corrected chi connectivity index (χ3v) is 11.0. The van der Waals surface area contributed by atoms with Gasteiger partial charge >= 0.3 is 0 Å². The van der Waals surface area contributed by atoms with Gasteiger partial charge in [0.2, 0.25) is 0 Å². The van der Waals surface area contributed by atoms with Crippen molar-refractivity contribution in [2.45, 2.75) is 0 Å². The maximum atomic E-state index is 6.22. The SMILES string of the molecule is c1ccc(-c2ccc(N(c3ccc4c(c3)sc3ccc(N(c5ccccc5)c5ccccc5)cc34)c3ccc4oc5ccccc5c4c3)cc2)cc1. The number of anilines is 6. The zero-order valence-electron chi connectivity index (χ0n) is 28.2. The van der Waals surface area contributed by atoms with Gasteiger partial charge in [-0.25, -0.2) is 0 Å². The lowest BCUT2D eigenvalue weighted by molar-refractivity contribution is 0.669. The van der Waals surface area contributed by atoms with Crippen LogP contribution in [0.5, 0.6) is 0 Å². The minimum atomic E-state index is 0.889. The maximum Gasteiger partial charge on any atom is 0.135 e. The molecule has 0 atom stereocenters. The van der Waals surface area contributed by atoms with Crippen molar-refractivity contribution in [2.24, 2.45) is 0 Å². The van der Waals surface area contributed by atoms with E-state index < -0.39 is 0 Å². The maximum absolute atomic E-state index is 6.22. The average molecular weight is 685 g/mol. The van der Waals surface area contributed by atoms with Crippen molar-refractivity contribution < 1.29 is 4.42 Å². The topological polar surface area (TPSA) is 19.6 Å². The zero-order chi connectivity index (χ0) is 34.4. The van der Waals surface area contributed by atoms with Crippen molar-refractivity contribution >= 4 is 87.6 Å². The second-order valence-corrected chi connectivity index (χ2v) is 14.1. The van der Waals surface area contributed by atoms with Gasteiger partial charge in [-0.2, -0.15) is 0 Å². The summed E-state index contributed by atoms with van der Waals surface area (Å²) in [5.74, 6) is 0. The second-order valence-electron chi connectivity index (χ2n) is 13.0. The van der Waals surface area contributed by atoms with Crippen LogP contribution < -0.4 is 9.80 Å². The number of fused-ring (bicyclic) bond motifs is 6. The molecule has 0 aliphatic rings. The molecule has 0 spiro atoms. The van der Waals surface area contributed by atoms with E-state index in [-0.39, 0.29) is 0 Å². The van der Waals surface area contributed by atoms with E-state index in [0.29, 0.717) is 0 Å². The molecule has 0 bridgehead atoms. The molecule has 52 heavy (non-hydrogen) atoms. The van der Waals surface area contributed by atoms with Gasteiger partial charge in [-0.3, -0.25) is 0 Å². The minimum Gasteiger partial charge on any atom is -0.456 e. The summed E-state index contributed by atoms with van der Waals surface area (Å²) in [6.07, 6.45) is 0. The first-order valence-electron chi connectivity index (χ1n) is 17.5. The Labute approximate surface area is 305 Å². The van der Waals surface area contributed by atoms with Crippen LogP contribution in [0.2, 0.25) is 0 Å². The Morgan fingerprint density at radius 3 is 1.54 bits per heavy atom. The Bertz CT molecular complexity index is 2800. The van der Waals surface area contributed by atoms with E-state index >= 15 is 0 Å². The van der Waals surface area contributed by atoms with Crippen LogP contribution in [0, 0.1) is 0 Å². The van der Waals surface area contributed by atoms with Gasteiger partial charge in [0.25, 0.3) is 0 Å². The highest BCUT2D eigenvalue weighted by molar-refractivity contribution is 7.25. The summed E-state index contributed by atoms with van der Waals surface area (Å²) in [6, 6.07) is 69.1. The fraction of sp³-hybridized carbons (Fsp3) is 0. The first-order chi connectivity index (χ1) is 25.8. The number of rotatable bonds is 7. The largest absolute Gasteiger partial charge is 0.456 e. The summed E-state index contributed by atoms with van der Waals surface area (Å²) in [6.45, 7) is 0. The molecule has 4 heteroatoms. The molecule has 3 nitrogen and oxygen atoms in total. The van der Waals surface area contributed by atoms with Crippen LogP contribution >= 0.6 is 11.3 Å². The number of thiophene rings is 1. The number of hydrogen-bond acceptors (Lipinski definition) is 4. The average Bonchev–Trinajstić information content (AvgIpc) is 3.77. The number of benzene rings is 8. The van der Waals surface area contributed by atoms with Crippen molar-refractivity contribution in [3.63, 3.8) is 0 Å². The fourth-order valence-electron chi connectivity index (χ4n) is 7.37. The zero-order valence-corrected chi connectivity index (χ0v) is 29.0. The molecule has 0 saturated heterocycles. The molecular weight excluding hydrogens is 653 g/mol. The van der Waals surface area contributed by atoms with E-state index in [2.05, 4.69) is 192 Å². The Balaban J connectivity index is 1.11. The standard InChI is InChI=1S/C48H32N2OS/c1-4-12-33(13-5-1)34-20-22-37(23-21-34)50(38-25-28-46-43(30-38)41-18-10-11-19-45(41)51-46)40-24-27-42-44-31-39(26-29-47(44)52-48(42)32-40)49(35-14-6-2-7-15-35)36-16-8-3-9-17-36/h1-32H. The van der Waals surface area contributed by atoms with Crippen LogP contribution in [-0.4, -0.2) is 0 Å². The fourth-order valence-corrected chi connectivity index (χ4v) is 8.49. The van der Waals surface area contributed by atoms with E-state index in [9.17, 15) is 0 Å². The monoisotopic (exact) mass is 684 g/mol. The van der Waals surface area contributed by atoms with Crippen LogP contribution in [-0.2, 0) is 0 Å². The highest BCUT2D eigenvalue weighted by Crippen LogP contribution is 2.44. The van der Waals surface area contributed by atoms with Gasteiger partial charge in [0.1, 0.15) is 11.2 Å². The summed E-state index contributed by atoms with van der Waals surface area (Å²) < 4.78 is 8.73. The van der Waals surface area contributed by atoms with Gasteiger partial charge in [0, 0.05) is 65.1 Å². The van der Waals surface area contributed by atoms with Crippen molar-refractivity contribution in [1.82, 2.24) is 0 Å². The van der Waals surface area contributed by atoms with Crippen LogP contribution in [0.25, 0.3) is 53.2 Å². The number of hydrogen-bond donors (Lipinski definition) is 0. The van der Waals surface area contributed by atoms with E-state index in [0.717, 1.165) is 56.1 Å². The molecule has 10 aromatic rings. The van der Waals surface area contributed by atoms with Crippen molar-refractivity contribution in [2.75, 3.05) is 9.80 Å². The summed E-state index contributed by atoms with van der Waals surface area (Å²) in [5, 5.41) is 4.73. The van der Waals surface area contributed by atoms with Crippen LogP contribution in [0.1, 0.15) is 0 Å². The van der Waals surface area contributed by atoms with Gasteiger partial charge in [0.15, 0.2) is 0 Å². The van der Waals surface area contributed by atoms with Crippen molar-refractivity contribution in [3.8, 4) is 11.1 Å². The molecule has 10 rings (SSSR count). The molecule has 0 aliphatic heterocycles. The lowest BCUT2D eigenvalue weighted by atomic mass is 10.0. The molecule has 0 aliphatic carbocycles. The number of nitrogens with zero attached hydrogens (tertiary/aromatic N) is 2. The first kappa shape index (κ1) is 30.2. The first-order valence-corrected chi connectivity index (χ1v) is 18.3. The third-order valence-electron chi connectivity index (χ3n) is 9.83. The second kappa shape index (κ2) is 12.6. The van der Waals surface area contributed by atoms with E-state index in [4.69, 9.17) is 4.42 Å². The van der Waals surface area contributed by atoms with Gasteiger partial charge in [0.05, 0.1) is 0 Å². The summed E-state index contributed by atoms with van der Waals surface area (Å²) >= 11 is 1.84. The Kier molecular flexibility index (Phi) is 7.33. The molecular formula is C48H32N2OS. The smallest absolute Gasteiger partial charge is 0.135 e. The van der Waals surface area contributed by atoms with E-state index in [1.54, 1.807) is 0 Å². The third kappa shape index (κ3) is 5.29. The highest BCUT2D eigenvalue weighted by atomic mass is 32.1. The molecule has 0 N–H and O–H groups in total. The number of furan rings is 1. The lowest BCUT2D eigenvalue weighted by Gasteiger charge is -2.26. The molecule has 0 fully saturated rings. The van der Waals surface area contributed by atoms with E-state index in [1.807, 2.05) is 23.5 Å². The minimum absolute atomic E-state index is 0.889. The summed E-state index contributed by atoms with van der Waals surface area (Å²) in [5.41, 5.74) is 10.9. The summed E-state index contributed by atoms with van der Waals surface area (Å²) in [7, 11) is 0. The van der Waals surface area contributed by atoms with Crippen molar-refractivity contribution in [3.05, 3.63) is 194 Å². The summed E-state index contributed by atoms with van der Waals surface area (Å²) in [4.78, 5) is 4.69. The van der Waals surface area contributed by atoms with Gasteiger partial charge in [-0.1, -0.05) is 103 Å². The molecule has 8 aromatic carbocycles. The Morgan fingerprint density at radius 1 is 0.308 bits per heavy atom. The molecule has 0 unspecified atom stereocenters. The quantitative estimate of drug-likeness (QED) is 0.167. The van der Waals surface area contributed by atoms with Crippen LogP contribution in [0.15, 0.2) is 199 Å². The normalized spacial score (nSPS) is 11.5. The van der Waals surface area contributed by atoms with E-state index in [1.165, 1.54) is 31.3 Å². The molecule has 2 heterocycles. The van der Waals surface area contributed by atoms with Crippen LogP contribution in [0.4, 0.5) is 34.1 Å². The van der Waals surface area contributed by atoms with Crippen molar-refractivity contribution in [1.29, 1.82) is 0 Å². The lowest BCUT2D eigenvalue weighted by Crippen LogP contribution is -2.09. The van der Waals surface area contributed by atoms with Gasteiger partial charge in [-0.15, -0.1) is 11.3 Å². The molecule has 0 amide bonds. The highest BCUT2D eigenvalue weighted by Gasteiger charge is 2.19. The Hall–Kier alpha value is -6.62. The van der Waals surface area contributed by atoms with Gasteiger partial charge < -0.3 is 14.2 Å². The van der Waals surface area contributed by atoms with Crippen LogP contribution in [0.3, 0.4) is 0 Å². The predicted octanol–water partition coefficient (Wildman–Crippen LogP) is 14.6. The predicted molar refractivity (Wildman–Crippen MR) is 221 cm³/mol. The molecule has 246 valence electrons. The number of para-hydroxylation sites is 3. The molecule has 0 saturated carbocycles. The molecule has 2 aromatic heterocycles. The Morgan fingerprint density at radius 2 is 0.808 bits per heavy atom. The van der Waals surface area contributed by atoms with Gasteiger partial charge in [-0.05, 0) is 102 Å².